The van der Waals surface area contributed by atoms with E-state index in [9.17, 15) is 4.79 Å². The van der Waals surface area contributed by atoms with Gasteiger partial charge >= 0.3 is 0 Å². The molecule has 6 rings (SSSR count). The summed E-state index contributed by atoms with van der Waals surface area (Å²) in [6.45, 7) is 6.99. The lowest BCUT2D eigenvalue weighted by Crippen LogP contribution is -2.53. The van der Waals surface area contributed by atoms with Crippen molar-refractivity contribution in [2.24, 2.45) is 34.5 Å². The summed E-state index contributed by atoms with van der Waals surface area (Å²) in [5.74, 6) is 3.53. The molecule has 8 atom stereocenters. The summed E-state index contributed by atoms with van der Waals surface area (Å²) in [6, 6.07) is 4.50. The summed E-state index contributed by atoms with van der Waals surface area (Å²) >= 11 is 0. The number of amides is 1. The fourth-order valence-electron chi connectivity index (χ4n) is 8.48. The largest absolute Gasteiger partial charge is 0.349 e. The van der Waals surface area contributed by atoms with Crippen LogP contribution in [0.15, 0.2) is 43.0 Å². The van der Waals surface area contributed by atoms with E-state index in [1.807, 2.05) is 24.5 Å². The molecule has 0 aromatic carbocycles. The Labute approximate surface area is 197 Å². The first-order valence-electron chi connectivity index (χ1n) is 12.8. The molecule has 3 saturated carbocycles. The molecule has 2 aromatic rings. The van der Waals surface area contributed by atoms with Crippen LogP contribution in [0.25, 0.3) is 6.08 Å². The van der Waals surface area contributed by atoms with E-state index >= 15 is 0 Å². The summed E-state index contributed by atoms with van der Waals surface area (Å²) in [5.41, 5.74) is 1.37. The van der Waals surface area contributed by atoms with Crippen molar-refractivity contribution in [2.75, 3.05) is 0 Å². The van der Waals surface area contributed by atoms with E-state index in [1.165, 1.54) is 25.7 Å². The molecule has 174 valence electrons. The van der Waals surface area contributed by atoms with Crippen molar-refractivity contribution in [3.8, 4) is 0 Å². The average molecular weight is 445 g/mol. The molecule has 4 aliphatic rings. The number of nitrogens with zero attached hydrogens (tertiary/aromatic N) is 3. The zero-order valence-electron chi connectivity index (χ0n) is 20.1. The lowest BCUT2D eigenvalue weighted by Gasteiger charge is -2.59. The van der Waals surface area contributed by atoms with Crippen LogP contribution in [-0.2, 0) is 4.79 Å². The topological polar surface area (TPSA) is 59.8 Å². The Kier molecular flexibility index (Phi) is 4.83. The fraction of sp³-hybridized carbons (Fsp3) is 0.607. The van der Waals surface area contributed by atoms with E-state index < -0.39 is 0 Å². The summed E-state index contributed by atoms with van der Waals surface area (Å²) in [4.78, 5) is 22.3. The van der Waals surface area contributed by atoms with Crippen LogP contribution in [-0.4, -0.2) is 20.4 Å². The molecule has 5 nitrogen and oxygen atoms in total. The van der Waals surface area contributed by atoms with Crippen LogP contribution in [0.1, 0.15) is 82.8 Å². The van der Waals surface area contributed by atoms with Crippen molar-refractivity contribution in [1.29, 1.82) is 0 Å². The smallest absolute Gasteiger partial charge is 0.224 e. The molecule has 1 aliphatic heterocycles. The van der Waals surface area contributed by atoms with Crippen LogP contribution in [0.5, 0.6) is 0 Å². The second kappa shape index (κ2) is 7.54. The Bertz CT molecular complexity index is 1080. The monoisotopic (exact) mass is 444 g/mol. The van der Waals surface area contributed by atoms with Gasteiger partial charge in [-0.1, -0.05) is 26.0 Å². The minimum absolute atomic E-state index is 0.00343. The highest BCUT2D eigenvalue weighted by Gasteiger charge is 2.61. The lowest BCUT2D eigenvalue weighted by atomic mass is 9.48. The molecular formula is C28H36N4O. The van der Waals surface area contributed by atoms with Crippen molar-refractivity contribution in [3.05, 3.63) is 54.4 Å². The Hall–Kier alpha value is -2.43. The standard InChI is InChI=1S/C28H36N4O/c1-18(19-5-4-14-29-17-19)31-26(33)23-8-7-21-20-6-9-24-28(3,22(20)10-12-27(21,23)2)13-11-25-30-15-16-32(24)25/h4-5,11,13-18,20-24H,6-10,12H2,1-3H3,(H,31,33)/t18?,20-,21-,22-,23+,24?,27-,28+/m0/s1. The van der Waals surface area contributed by atoms with Crippen LogP contribution in [0.2, 0.25) is 0 Å². The van der Waals surface area contributed by atoms with Gasteiger partial charge in [-0.05, 0) is 86.3 Å². The first-order chi connectivity index (χ1) is 15.9. The molecule has 1 N–H and O–H groups in total. The number of hydrogen-bond acceptors (Lipinski definition) is 3. The molecular weight excluding hydrogens is 408 g/mol. The fourth-order valence-corrected chi connectivity index (χ4v) is 8.48. The number of rotatable bonds is 3. The van der Waals surface area contributed by atoms with Gasteiger partial charge in [0.15, 0.2) is 0 Å². The molecule has 33 heavy (non-hydrogen) atoms. The van der Waals surface area contributed by atoms with Crippen molar-refractivity contribution in [3.63, 3.8) is 0 Å². The van der Waals surface area contributed by atoms with Gasteiger partial charge in [0.1, 0.15) is 5.82 Å². The molecule has 0 bridgehead atoms. The van der Waals surface area contributed by atoms with E-state index in [0.29, 0.717) is 23.8 Å². The van der Waals surface area contributed by atoms with E-state index in [-0.39, 0.29) is 28.7 Å². The molecule has 3 aliphatic carbocycles. The minimum Gasteiger partial charge on any atom is -0.349 e. The van der Waals surface area contributed by atoms with Gasteiger partial charge < -0.3 is 9.88 Å². The maximum absolute atomic E-state index is 13.5. The van der Waals surface area contributed by atoms with E-state index in [0.717, 1.165) is 24.2 Å². The van der Waals surface area contributed by atoms with Gasteiger partial charge in [0.25, 0.3) is 0 Å². The number of hydrogen-bond donors (Lipinski definition) is 1. The Morgan fingerprint density at radius 3 is 2.85 bits per heavy atom. The van der Waals surface area contributed by atoms with Gasteiger partial charge in [0.2, 0.25) is 5.91 Å². The highest BCUT2D eigenvalue weighted by atomic mass is 16.2. The van der Waals surface area contributed by atoms with Crippen LogP contribution >= 0.6 is 0 Å². The third-order valence-corrected chi connectivity index (χ3v) is 10.2. The zero-order valence-corrected chi connectivity index (χ0v) is 20.1. The summed E-state index contributed by atoms with van der Waals surface area (Å²) in [5, 5.41) is 3.33. The molecule has 1 amide bonds. The maximum atomic E-state index is 13.5. The van der Waals surface area contributed by atoms with E-state index in [2.05, 4.69) is 59.0 Å². The summed E-state index contributed by atoms with van der Waals surface area (Å²) in [6.07, 6.45) is 19.6. The van der Waals surface area contributed by atoms with Gasteiger partial charge in [-0.3, -0.25) is 9.78 Å². The molecule has 0 spiro atoms. The molecule has 2 aromatic heterocycles. The molecule has 0 radical (unpaired) electrons. The second-order valence-electron chi connectivity index (χ2n) is 11.6. The van der Waals surface area contributed by atoms with Crippen molar-refractivity contribution in [2.45, 2.75) is 71.4 Å². The number of fused-ring (bicyclic) bond motifs is 7. The normalized spacial score (nSPS) is 39.7. The van der Waals surface area contributed by atoms with E-state index in [1.54, 1.807) is 6.20 Å². The number of nitrogens with one attached hydrogen (secondary N) is 1. The summed E-state index contributed by atoms with van der Waals surface area (Å²) in [7, 11) is 0. The molecule has 3 fully saturated rings. The van der Waals surface area contributed by atoms with Crippen LogP contribution in [0.4, 0.5) is 0 Å². The maximum Gasteiger partial charge on any atom is 0.224 e. The number of carbonyl (C=O) groups is 1. The van der Waals surface area contributed by atoms with Gasteiger partial charge in [-0.15, -0.1) is 0 Å². The minimum atomic E-state index is -0.00343. The van der Waals surface area contributed by atoms with E-state index in [4.69, 9.17) is 0 Å². The van der Waals surface area contributed by atoms with Crippen molar-refractivity contribution >= 4 is 12.0 Å². The van der Waals surface area contributed by atoms with Gasteiger partial charge in [-0.25, -0.2) is 4.98 Å². The zero-order chi connectivity index (χ0) is 22.8. The quantitative estimate of drug-likeness (QED) is 0.672. The number of allylic oxidation sites excluding steroid dienone is 1. The Balaban J connectivity index is 1.22. The predicted molar refractivity (Wildman–Crippen MR) is 129 cm³/mol. The molecule has 3 heterocycles. The Morgan fingerprint density at radius 1 is 1.15 bits per heavy atom. The third-order valence-electron chi connectivity index (χ3n) is 10.2. The first-order valence-corrected chi connectivity index (χ1v) is 12.8. The Morgan fingerprint density at radius 2 is 2.03 bits per heavy atom. The van der Waals surface area contributed by atoms with Crippen molar-refractivity contribution < 1.29 is 4.79 Å². The molecule has 2 unspecified atom stereocenters. The lowest BCUT2D eigenvalue weighted by molar-refractivity contribution is -0.133. The number of pyridine rings is 1. The number of aromatic nitrogens is 3. The third kappa shape index (κ3) is 3.07. The second-order valence-corrected chi connectivity index (χ2v) is 11.6. The van der Waals surface area contributed by atoms with Crippen LogP contribution < -0.4 is 5.32 Å². The summed E-state index contributed by atoms with van der Waals surface area (Å²) < 4.78 is 2.43. The number of carbonyl (C=O) groups excluding carboxylic acids is 1. The molecule has 5 heteroatoms. The average Bonchev–Trinajstić information content (AvgIpc) is 3.43. The first kappa shape index (κ1) is 21.1. The predicted octanol–water partition coefficient (Wildman–Crippen LogP) is 5.58. The van der Waals surface area contributed by atoms with Crippen LogP contribution in [0, 0.1) is 34.5 Å². The van der Waals surface area contributed by atoms with Gasteiger partial charge in [0.05, 0.1) is 6.04 Å². The van der Waals surface area contributed by atoms with Gasteiger partial charge in [0, 0.05) is 42.2 Å². The van der Waals surface area contributed by atoms with Crippen LogP contribution in [0.3, 0.4) is 0 Å². The SMILES string of the molecule is CC(NC(=O)[C@H]1CC[C@H]2[C@@H]3CCC4n5ccnc5C=C[C@]4(C)[C@H]3CC[C@]12C)c1cccnc1. The van der Waals surface area contributed by atoms with Gasteiger partial charge in [-0.2, -0.15) is 0 Å². The number of imidazole rings is 1. The highest BCUT2D eigenvalue weighted by Crippen LogP contribution is 2.67. The van der Waals surface area contributed by atoms with Crippen molar-refractivity contribution in [1.82, 2.24) is 19.9 Å². The molecule has 0 saturated heterocycles. The highest BCUT2D eigenvalue weighted by molar-refractivity contribution is 5.80.